The van der Waals surface area contributed by atoms with E-state index in [9.17, 15) is 13.2 Å². The number of ether oxygens (including phenoxy) is 2. The molecule has 0 spiro atoms. The Bertz CT molecular complexity index is 702. The van der Waals surface area contributed by atoms with Crippen LogP contribution in [0.25, 0.3) is 0 Å². The lowest BCUT2D eigenvalue weighted by atomic mass is 9.96. The van der Waals surface area contributed by atoms with E-state index in [4.69, 9.17) is 14.6 Å². The second-order valence-electron chi connectivity index (χ2n) is 5.89. The lowest BCUT2D eigenvalue weighted by Gasteiger charge is -2.18. The van der Waals surface area contributed by atoms with Crippen molar-refractivity contribution in [3.8, 4) is 0 Å². The molecular weight excluding hydrogens is 308 g/mol. The van der Waals surface area contributed by atoms with Crippen molar-refractivity contribution >= 4 is 15.9 Å². The fourth-order valence-corrected chi connectivity index (χ4v) is 2.13. The predicted molar refractivity (Wildman–Crippen MR) is 78.4 cm³/mol. The van der Waals surface area contributed by atoms with Crippen LogP contribution in [0.5, 0.6) is 0 Å². The van der Waals surface area contributed by atoms with Gasteiger partial charge < -0.3 is 9.47 Å². The number of carbonyl (C=O) groups excluding carboxylic acids is 1. The van der Waals surface area contributed by atoms with E-state index in [2.05, 4.69) is 5.32 Å². The van der Waals surface area contributed by atoms with Gasteiger partial charge in [-0.15, -0.1) is 0 Å². The van der Waals surface area contributed by atoms with Crippen LogP contribution < -0.4 is 10.5 Å². The Kier molecular flexibility index (Phi) is 4.17. The topological polar surface area (TPSA) is 108 Å². The molecule has 1 aliphatic rings. The van der Waals surface area contributed by atoms with Crippen LogP contribution in [-0.4, -0.2) is 14.3 Å². The number of hydrogen-bond donors (Lipinski definition) is 2. The molecule has 2 rings (SSSR count). The van der Waals surface area contributed by atoms with Gasteiger partial charge >= 0.3 is 0 Å². The molecule has 0 radical (unpaired) electrons. The Morgan fingerprint density at radius 1 is 1.23 bits per heavy atom. The first kappa shape index (κ1) is 16.3. The summed E-state index contributed by atoms with van der Waals surface area (Å²) in [5.74, 6) is 0.00743. The average Bonchev–Trinajstić information content (AvgIpc) is 2.85. The molecule has 1 aliphatic heterocycles. The van der Waals surface area contributed by atoms with Crippen LogP contribution in [0.3, 0.4) is 0 Å². The summed E-state index contributed by atoms with van der Waals surface area (Å²) in [6, 6.07) is 5.80. The van der Waals surface area contributed by atoms with Gasteiger partial charge in [0.2, 0.25) is 21.8 Å². The molecule has 1 heterocycles. The van der Waals surface area contributed by atoms with Gasteiger partial charge in [-0.2, -0.15) is 0 Å². The molecule has 0 aromatic heterocycles. The molecule has 1 unspecified atom stereocenters. The number of primary sulfonamides is 1. The molecule has 22 heavy (non-hydrogen) atoms. The van der Waals surface area contributed by atoms with Gasteiger partial charge in [0.25, 0.3) is 6.29 Å². The Balaban J connectivity index is 2.02. The van der Waals surface area contributed by atoms with E-state index in [1.807, 2.05) is 0 Å². The SMILES string of the molecule is CC(C)(C)C(=O)NC1=COC(c2ccc(S(N)(=O)=O)cc2)O1. The largest absolute Gasteiger partial charge is 0.453 e. The smallest absolute Gasteiger partial charge is 0.268 e. The van der Waals surface area contributed by atoms with Gasteiger partial charge in [-0.3, -0.25) is 10.1 Å². The molecule has 1 aromatic rings. The van der Waals surface area contributed by atoms with E-state index < -0.39 is 21.7 Å². The van der Waals surface area contributed by atoms with Crippen molar-refractivity contribution in [2.24, 2.45) is 10.6 Å². The molecule has 3 N–H and O–H groups in total. The number of amides is 1. The maximum atomic E-state index is 11.9. The third kappa shape index (κ3) is 3.77. The normalized spacial score (nSPS) is 18.2. The maximum absolute atomic E-state index is 11.9. The molecule has 120 valence electrons. The van der Waals surface area contributed by atoms with Crippen molar-refractivity contribution in [3.05, 3.63) is 42.0 Å². The Hall–Kier alpha value is -2.06. The van der Waals surface area contributed by atoms with E-state index in [1.165, 1.54) is 30.5 Å². The number of nitrogens with one attached hydrogen (secondary N) is 1. The summed E-state index contributed by atoms with van der Waals surface area (Å²) < 4.78 is 33.2. The second kappa shape index (κ2) is 5.62. The van der Waals surface area contributed by atoms with E-state index in [-0.39, 0.29) is 16.7 Å². The minimum atomic E-state index is -3.74. The van der Waals surface area contributed by atoms with Crippen LogP contribution in [0.2, 0.25) is 0 Å². The van der Waals surface area contributed by atoms with Gasteiger partial charge in [0, 0.05) is 11.0 Å². The highest BCUT2D eigenvalue weighted by molar-refractivity contribution is 7.89. The van der Waals surface area contributed by atoms with Crippen LogP contribution in [0, 0.1) is 5.41 Å². The fraction of sp³-hybridized carbons (Fsp3) is 0.357. The molecule has 0 saturated carbocycles. The Morgan fingerprint density at radius 3 is 2.32 bits per heavy atom. The van der Waals surface area contributed by atoms with Crippen molar-refractivity contribution in [2.75, 3.05) is 0 Å². The first-order valence-corrected chi connectivity index (χ1v) is 8.08. The van der Waals surface area contributed by atoms with Crippen LogP contribution in [0.1, 0.15) is 32.6 Å². The highest BCUT2D eigenvalue weighted by atomic mass is 32.2. The fourth-order valence-electron chi connectivity index (χ4n) is 1.61. The minimum Gasteiger partial charge on any atom is -0.453 e. The summed E-state index contributed by atoms with van der Waals surface area (Å²) in [5.41, 5.74) is 0.0445. The summed E-state index contributed by atoms with van der Waals surface area (Å²) in [6.07, 6.45) is 0.562. The van der Waals surface area contributed by atoms with Crippen LogP contribution in [-0.2, 0) is 24.3 Å². The van der Waals surface area contributed by atoms with Gasteiger partial charge in [0.05, 0.1) is 4.90 Å². The standard InChI is InChI=1S/C14H18N2O5S/c1-14(2,3)13(17)16-11-8-20-12(21-11)9-4-6-10(7-5-9)22(15,18)19/h4-8,12H,1-3H3,(H,16,17)(H2,15,18,19). The summed E-state index contributed by atoms with van der Waals surface area (Å²) in [4.78, 5) is 11.9. The van der Waals surface area contributed by atoms with Crippen molar-refractivity contribution in [3.63, 3.8) is 0 Å². The van der Waals surface area contributed by atoms with Gasteiger partial charge in [0.1, 0.15) is 6.26 Å². The van der Waals surface area contributed by atoms with Crippen LogP contribution in [0.15, 0.2) is 41.3 Å². The van der Waals surface area contributed by atoms with Crippen molar-refractivity contribution in [1.82, 2.24) is 5.32 Å². The van der Waals surface area contributed by atoms with Gasteiger partial charge in [0.15, 0.2) is 0 Å². The third-order valence-electron chi connectivity index (χ3n) is 2.93. The molecule has 0 saturated heterocycles. The van der Waals surface area contributed by atoms with E-state index >= 15 is 0 Å². The lowest BCUT2D eigenvalue weighted by Crippen LogP contribution is -2.34. The summed E-state index contributed by atoms with van der Waals surface area (Å²) in [5, 5.41) is 7.64. The molecule has 1 aromatic carbocycles. The summed E-state index contributed by atoms with van der Waals surface area (Å²) >= 11 is 0. The second-order valence-corrected chi connectivity index (χ2v) is 7.45. The molecule has 7 nitrogen and oxygen atoms in total. The quantitative estimate of drug-likeness (QED) is 0.871. The number of carbonyl (C=O) groups is 1. The number of benzene rings is 1. The molecule has 1 atom stereocenters. The number of hydrogen-bond acceptors (Lipinski definition) is 5. The Morgan fingerprint density at radius 2 is 1.82 bits per heavy atom. The highest BCUT2D eigenvalue weighted by Crippen LogP contribution is 2.28. The Labute approximate surface area is 129 Å². The lowest BCUT2D eigenvalue weighted by molar-refractivity contribution is -0.129. The monoisotopic (exact) mass is 326 g/mol. The molecule has 1 amide bonds. The first-order valence-electron chi connectivity index (χ1n) is 6.54. The van der Waals surface area contributed by atoms with E-state index in [1.54, 1.807) is 20.8 Å². The van der Waals surface area contributed by atoms with Crippen molar-refractivity contribution in [1.29, 1.82) is 0 Å². The number of nitrogens with two attached hydrogens (primary N) is 1. The van der Waals surface area contributed by atoms with Gasteiger partial charge in [-0.25, -0.2) is 13.6 Å². The van der Waals surface area contributed by atoms with E-state index in [0.717, 1.165) is 0 Å². The third-order valence-corrected chi connectivity index (χ3v) is 3.86. The van der Waals surface area contributed by atoms with Crippen LogP contribution in [0.4, 0.5) is 0 Å². The molecule has 0 aliphatic carbocycles. The summed E-state index contributed by atoms with van der Waals surface area (Å²) in [7, 11) is -3.74. The van der Waals surface area contributed by atoms with E-state index in [0.29, 0.717) is 5.56 Å². The minimum absolute atomic E-state index is 0.00321. The highest BCUT2D eigenvalue weighted by Gasteiger charge is 2.27. The van der Waals surface area contributed by atoms with Crippen molar-refractivity contribution in [2.45, 2.75) is 32.0 Å². The maximum Gasteiger partial charge on any atom is 0.268 e. The zero-order chi connectivity index (χ0) is 16.5. The number of sulfonamides is 1. The first-order chi connectivity index (χ1) is 10.1. The van der Waals surface area contributed by atoms with Crippen molar-refractivity contribution < 1.29 is 22.7 Å². The zero-order valence-corrected chi connectivity index (χ0v) is 13.3. The predicted octanol–water partition coefficient (Wildman–Crippen LogP) is 1.34. The molecule has 0 bridgehead atoms. The van der Waals surface area contributed by atoms with Crippen LogP contribution >= 0.6 is 0 Å². The van der Waals surface area contributed by atoms with Gasteiger partial charge in [-0.1, -0.05) is 32.9 Å². The van der Waals surface area contributed by atoms with Gasteiger partial charge in [-0.05, 0) is 12.1 Å². The molecule has 0 fully saturated rings. The number of rotatable bonds is 3. The summed E-state index contributed by atoms with van der Waals surface area (Å²) in [6.45, 7) is 5.34. The average molecular weight is 326 g/mol. The molecular formula is C14H18N2O5S. The molecule has 8 heteroatoms. The zero-order valence-electron chi connectivity index (χ0n) is 12.5.